The monoisotopic (exact) mass is 263 g/mol. The Morgan fingerprint density at radius 1 is 1.21 bits per heavy atom. The number of carbonyl (C=O) groups is 1. The standard InChI is InChI=1S/C14H17NO4/c15-12(13(16)17)9-4-5-10-11(8-9)19-14(18-10)6-2-1-3-7-14/h4-5,8,12H,1-3,6-7,15H2,(H,16,17). The summed E-state index contributed by atoms with van der Waals surface area (Å²) in [6, 6.07) is 4.08. The van der Waals surface area contributed by atoms with Crippen molar-refractivity contribution < 1.29 is 19.4 Å². The van der Waals surface area contributed by atoms with Crippen LogP contribution >= 0.6 is 0 Å². The molecule has 1 unspecified atom stereocenters. The molecular formula is C14H17NO4. The van der Waals surface area contributed by atoms with E-state index in [4.69, 9.17) is 20.3 Å². The zero-order chi connectivity index (χ0) is 13.5. The number of hydrogen-bond acceptors (Lipinski definition) is 4. The minimum Gasteiger partial charge on any atom is -0.480 e. The normalized spacial score (nSPS) is 21.3. The van der Waals surface area contributed by atoms with Gasteiger partial charge in [-0.15, -0.1) is 0 Å². The minimum absolute atomic E-state index is 0.530. The van der Waals surface area contributed by atoms with Crippen LogP contribution in [0.15, 0.2) is 18.2 Å². The van der Waals surface area contributed by atoms with Gasteiger partial charge in [-0.1, -0.05) is 12.5 Å². The Balaban J connectivity index is 1.85. The predicted octanol–water partition coefficient (Wildman–Crippen LogP) is 2.20. The van der Waals surface area contributed by atoms with E-state index in [9.17, 15) is 4.79 Å². The summed E-state index contributed by atoms with van der Waals surface area (Å²) in [5.74, 6) is -0.294. The van der Waals surface area contributed by atoms with Crippen molar-refractivity contribution in [2.75, 3.05) is 0 Å². The van der Waals surface area contributed by atoms with E-state index in [1.807, 2.05) is 0 Å². The molecule has 1 aromatic carbocycles. The van der Waals surface area contributed by atoms with Crippen molar-refractivity contribution in [2.24, 2.45) is 5.73 Å². The van der Waals surface area contributed by atoms with E-state index in [0.717, 1.165) is 25.7 Å². The first kappa shape index (κ1) is 12.3. The van der Waals surface area contributed by atoms with E-state index in [2.05, 4.69) is 0 Å². The highest BCUT2D eigenvalue weighted by Crippen LogP contribution is 2.46. The molecule has 1 heterocycles. The van der Waals surface area contributed by atoms with Crippen LogP contribution in [0.3, 0.4) is 0 Å². The van der Waals surface area contributed by atoms with Crippen LogP contribution in [0.5, 0.6) is 11.5 Å². The maximum absolute atomic E-state index is 10.9. The number of rotatable bonds is 2. The molecule has 5 heteroatoms. The van der Waals surface area contributed by atoms with E-state index in [0.29, 0.717) is 17.1 Å². The van der Waals surface area contributed by atoms with Crippen LogP contribution in [-0.4, -0.2) is 16.9 Å². The van der Waals surface area contributed by atoms with Crippen LogP contribution in [0, 0.1) is 0 Å². The number of aliphatic carboxylic acids is 1. The van der Waals surface area contributed by atoms with Gasteiger partial charge >= 0.3 is 5.97 Å². The summed E-state index contributed by atoms with van der Waals surface area (Å²) in [6.45, 7) is 0. The summed E-state index contributed by atoms with van der Waals surface area (Å²) in [6.07, 6.45) is 5.15. The number of benzene rings is 1. The van der Waals surface area contributed by atoms with Crippen LogP contribution < -0.4 is 15.2 Å². The Morgan fingerprint density at radius 3 is 2.58 bits per heavy atom. The van der Waals surface area contributed by atoms with Gasteiger partial charge in [-0.3, -0.25) is 4.79 Å². The third-order valence-corrected chi connectivity index (χ3v) is 3.80. The first-order chi connectivity index (χ1) is 9.10. The molecule has 0 bridgehead atoms. The molecule has 0 radical (unpaired) electrons. The molecule has 3 rings (SSSR count). The molecule has 1 fully saturated rings. The van der Waals surface area contributed by atoms with Crippen molar-refractivity contribution in [3.63, 3.8) is 0 Å². The van der Waals surface area contributed by atoms with Gasteiger partial charge in [0, 0.05) is 12.8 Å². The number of ether oxygens (including phenoxy) is 2. The fraction of sp³-hybridized carbons (Fsp3) is 0.500. The number of carboxylic acid groups (broad SMARTS) is 1. The van der Waals surface area contributed by atoms with Crippen LogP contribution in [0.1, 0.15) is 43.7 Å². The van der Waals surface area contributed by atoms with E-state index in [1.165, 1.54) is 6.42 Å². The Hall–Kier alpha value is -1.75. The second-order valence-corrected chi connectivity index (χ2v) is 5.20. The first-order valence-corrected chi connectivity index (χ1v) is 6.60. The van der Waals surface area contributed by atoms with Crippen LogP contribution in [0.2, 0.25) is 0 Å². The van der Waals surface area contributed by atoms with E-state index < -0.39 is 17.8 Å². The molecule has 1 aliphatic heterocycles. The van der Waals surface area contributed by atoms with Gasteiger partial charge in [0.1, 0.15) is 6.04 Å². The smallest absolute Gasteiger partial charge is 0.325 e. The zero-order valence-electron chi connectivity index (χ0n) is 10.6. The van der Waals surface area contributed by atoms with Crippen molar-refractivity contribution in [2.45, 2.75) is 43.9 Å². The highest BCUT2D eigenvalue weighted by molar-refractivity contribution is 5.75. The molecule has 1 saturated carbocycles. The molecule has 102 valence electrons. The van der Waals surface area contributed by atoms with Crippen LogP contribution in [-0.2, 0) is 4.79 Å². The van der Waals surface area contributed by atoms with Gasteiger partial charge < -0.3 is 20.3 Å². The highest BCUT2D eigenvalue weighted by atomic mass is 16.7. The summed E-state index contributed by atoms with van der Waals surface area (Å²) >= 11 is 0. The molecule has 1 spiro atoms. The van der Waals surface area contributed by atoms with Gasteiger partial charge in [-0.25, -0.2) is 0 Å². The summed E-state index contributed by atoms with van der Waals surface area (Å²) in [4.78, 5) is 10.9. The Kier molecular flexibility index (Phi) is 2.86. The molecule has 1 aromatic rings. The number of nitrogens with two attached hydrogens (primary N) is 1. The summed E-state index contributed by atoms with van der Waals surface area (Å²) < 4.78 is 11.9. The van der Waals surface area contributed by atoms with E-state index in [1.54, 1.807) is 18.2 Å². The molecular weight excluding hydrogens is 246 g/mol. The third kappa shape index (κ3) is 2.14. The Labute approximate surface area is 111 Å². The number of fused-ring (bicyclic) bond motifs is 1. The van der Waals surface area contributed by atoms with Crippen molar-refractivity contribution >= 4 is 5.97 Å². The lowest BCUT2D eigenvalue weighted by Crippen LogP contribution is -2.40. The molecule has 0 amide bonds. The highest BCUT2D eigenvalue weighted by Gasteiger charge is 2.42. The van der Waals surface area contributed by atoms with Crippen molar-refractivity contribution in [1.29, 1.82) is 0 Å². The molecule has 5 nitrogen and oxygen atoms in total. The SMILES string of the molecule is NC(C(=O)O)c1ccc2c(c1)OC1(CCCCC1)O2. The Morgan fingerprint density at radius 2 is 1.89 bits per heavy atom. The van der Waals surface area contributed by atoms with Gasteiger partial charge in [-0.05, 0) is 30.5 Å². The van der Waals surface area contributed by atoms with E-state index >= 15 is 0 Å². The second-order valence-electron chi connectivity index (χ2n) is 5.20. The van der Waals surface area contributed by atoms with E-state index in [-0.39, 0.29) is 0 Å². The molecule has 2 aliphatic rings. The molecule has 0 saturated heterocycles. The summed E-state index contributed by atoms with van der Waals surface area (Å²) in [7, 11) is 0. The fourth-order valence-corrected chi connectivity index (χ4v) is 2.74. The fourth-order valence-electron chi connectivity index (χ4n) is 2.74. The van der Waals surface area contributed by atoms with Crippen molar-refractivity contribution in [3.8, 4) is 11.5 Å². The van der Waals surface area contributed by atoms with Gasteiger partial charge in [0.2, 0.25) is 0 Å². The van der Waals surface area contributed by atoms with Gasteiger partial charge in [0.25, 0.3) is 5.79 Å². The van der Waals surface area contributed by atoms with Crippen LogP contribution in [0.4, 0.5) is 0 Å². The molecule has 3 N–H and O–H groups in total. The quantitative estimate of drug-likeness (QED) is 0.854. The lowest BCUT2D eigenvalue weighted by atomic mass is 9.94. The molecule has 0 aromatic heterocycles. The first-order valence-electron chi connectivity index (χ1n) is 6.60. The van der Waals surface area contributed by atoms with Gasteiger partial charge in [0.05, 0.1) is 0 Å². The minimum atomic E-state index is -1.05. The summed E-state index contributed by atoms with van der Waals surface area (Å²) in [5, 5.41) is 8.93. The van der Waals surface area contributed by atoms with Crippen LogP contribution in [0.25, 0.3) is 0 Å². The lowest BCUT2D eigenvalue weighted by Gasteiger charge is -2.31. The third-order valence-electron chi connectivity index (χ3n) is 3.80. The maximum Gasteiger partial charge on any atom is 0.325 e. The molecule has 1 atom stereocenters. The number of carboxylic acids is 1. The zero-order valence-corrected chi connectivity index (χ0v) is 10.6. The Bertz CT molecular complexity index is 508. The van der Waals surface area contributed by atoms with Crippen molar-refractivity contribution in [3.05, 3.63) is 23.8 Å². The summed E-state index contributed by atoms with van der Waals surface area (Å²) in [5.41, 5.74) is 6.14. The molecule has 1 aliphatic carbocycles. The average Bonchev–Trinajstić information content (AvgIpc) is 2.74. The molecule has 19 heavy (non-hydrogen) atoms. The van der Waals surface area contributed by atoms with Gasteiger partial charge in [-0.2, -0.15) is 0 Å². The lowest BCUT2D eigenvalue weighted by molar-refractivity contribution is -0.138. The predicted molar refractivity (Wildman–Crippen MR) is 68.1 cm³/mol. The average molecular weight is 263 g/mol. The van der Waals surface area contributed by atoms with Crippen molar-refractivity contribution in [1.82, 2.24) is 0 Å². The second kappa shape index (κ2) is 4.42. The maximum atomic E-state index is 10.9. The topological polar surface area (TPSA) is 81.8 Å². The number of hydrogen-bond donors (Lipinski definition) is 2. The largest absolute Gasteiger partial charge is 0.480 e. The van der Waals surface area contributed by atoms with Gasteiger partial charge in [0.15, 0.2) is 11.5 Å².